The third-order valence-electron chi connectivity index (χ3n) is 1.75. The fraction of sp³-hybridized carbons (Fsp3) is 0.429. The van der Waals surface area contributed by atoms with Gasteiger partial charge in [-0.15, -0.1) is 0 Å². The van der Waals surface area contributed by atoms with E-state index in [0.717, 1.165) is 6.20 Å². The molecule has 1 heterocycles. The summed E-state index contributed by atoms with van der Waals surface area (Å²) in [6, 6.07) is 0. The molecule has 1 atom stereocenters. The van der Waals surface area contributed by atoms with Crippen molar-refractivity contribution < 1.29 is 18.8 Å². The molecule has 4 N–H and O–H groups in total. The number of aromatic nitrogens is 2. The molecule has 0 radical (unpaired) electrons. The van der Waals surface area contributed by atoms with Gasteiger partial charge in [0.05, 0.1) is 4.92 Å². The van der Waals surface area contributed by atoms with Crippen LogP contribution in [0.2, 0.25) is 0 Å². The molecular formula is C7H9F2N5O3. The molecule has 0 aliphatic carbocycles. The molecule has 17 heavy (non-hydrogen) atoms. The molecule has 0 amide bonds. The minimum atomic E-state index is -2.96. The summed E-state index contributed by atoms with van der Waals surface area (Å²) in [6.45, 7) is -0.588. The first-order valence-electron chi connectivity index (χ1n) is 4.38. The number of nitrogens with two attached hydrogens (primary N) is 1. The quantitative estimate of drug-likeness (QED) is 0.495. The predicted molar refractivity (Wildman–Crippen MR) is 53.6 cm³/mol. The fourth-order valence-corrected chi connectivity index (χ4v) is 0.943. The van der Waals surface area contributed by atoms with Gasteiger partial charge >= 0.3 is 5.69 Å². The van der Waals surface area contributed by atoms with Gasteiger partial charge in [-0.05, 0) is 0 Å². The van der Waals surface area contributed by atoms with Crippen molar-refractivity contribution in [1.82, 2.24) is 9.97 Å². The molecule has 0 bridgehead atoms. The number of rotatable bonds is 5. The molecule has 1 aromatic rings. The zero-order valence-electron chi connectivity index (χ0n) is 8.38. The van der Waals surface area contributed by atoms with Crippen LogP contribution in [-0.4, -0.2) is 39.1 Å². The molecule has 0 saturated heterocycles. The van der Waals surface area contributed by atoms with Crippen molar-refractivity contribution >= 4 is 17.5 Å². The Morgan fingerprint density at radius 3 is 2.82 bits per heavy atom. The summed E-state index contributed by atoms with van der Waals surface area (Å²) in [6.07, 6.45) is -4.06. The van der Waals surface area contributed by atoms with Crippen molar-refractivity contribution in [2.24, 2.45) is 0 Å². The minimum Gasteiger partial charge on any atom is -0.385 e. The van der Waals surface area contributed by atoms with Crippen molar-refractivity contribution in [2.75, 3.05) is 17.6 Å². The summed E-state index contributed by atoms with van der Waals surface area (Å²) in [5, 5.41) is 21.6. The molecule has 0 aromatic carbocycles. The number of nitrogen functional groups attached to an aromatic ring is 1. The number of halogens is 2. The molecule has 1 aromatic heterocycles. The number of anilines is 2. The second-order valence-corrected chi connectivity index (χ2v) is 3.00. The van der Waals surface area contributed by atoms with Crippen molar-refractivity contribution in [1.29, 1.82) is 0 Å². The maximum atomic E-state index is 12.0. The zero-order chi connectivity index (χ0) is 13.0. The molecule has 94 valence electrons. The largest absolute Gasteiger partial charge is 0.385 e. The summed E-state index contributed by atoms with van der Waals surface area (Å²) >= 11 is 0. The smallest absolute Gasteiger partial charge is 0.329 e. The van der Waals surface area contributed by atoms with Crippen LogP contribution in [0.15, 0.2) is 6.20 Å². The van der Waals surface area contributed by atoms with E-state index in [-0.39, 0.29) is 11.8 Å². The van der Waals surface area contributed by atoms with E-state index in [4.69, 9.17) is 10.8 Å². The Morgan fingerprint density at radius 2 is 2.29 bits per heavy atom. The van der Waals surface area contributed by atoms with Gasteiger partial charge in [0, 0.05) is 6.54 Å². The Bertz CT molecular complexity index is 416. The lowest BCUT2D eigenvalue weighted by Crippen LogP contribution is -2.27. The Balaban J connectivity index is 2.82. The lowest BCUT2D eigenvalue weighted by atomic mass is 10.3. The molecule has 10 heteroatoms. The molecular weight excluding hydrogens is 240 g/mol. The molecule has 1 unspecified atom stereocenters. The predicted octanol–water partition coefficient (Wildman–Crippen LogP) is 0.00490. The summed E-state index contributed by atoms with van der Waals surface area (Å²) < 4.78 is 24.0. The second kappa shape index (κ2) is 5.30. The van der Waals surface area contributed by atoms with E-state index in [1.165, 1.54) is 0 Å². The average molecular weight is 249 g/mol. The minimum absolute atomic E-state index is 0.246. The third kappa shape index (κ3) is 3.45. The normalized spacial score (nSPS) is 12.5. The second-order valence-electron chi connectivity index (χ2n) is 3.00. The highest BCUT2D eigenvalue weighted by Crippen LogP contribution is 2.21. The van der Waals surface area contributed by atoms with E-state index in [1.807, 2.05) is 0 Å². The molecule has 0 saturated carbocycles. The average Bonchev–Trinajstić information content (AvgIpc) is 2.25. The topological polar surface area (TPSA) is 127 Å². The summed E-state index contributed by atoms with van der Waals surface area (Å²) in [4.78, 5) is 16.6. The van der Waals surface area contributed by atoms with Gasteiger partial charge in [-0.25, -0.2) is 13.8 Å². The van der Waals surface area contributed by atoms with E-state index in [1.54, 1.807) is 0 Å². The Kier molecular flexibility index (Phi) is 4.04. The first kappa shape index (κ1) is 13.0. The fourth-order valence-electron chi connectivity index (χ4n) is 0.943. The molecule has 0 spiro atoms. The Morgan fingerprint density at radius 1 is 1.65 bits per heavy atom. The number of aliphatic hydroxyl groups is 1. The summed E-state index contributed by atoms with van der Waals surface area (Å²) in [7, 11) is 0. The van der Waals surface area contributed by atoms with Crippen LogP contribution in [-0.2, 0) is 0 Å². The number of nitrogens with zero attached hydrogens (tertiary/aromatic N) is 3. The monoisotopic (exact) mass is 249 g/mol. The number of hydrogen-bond donors (Lipinski definition) is 3. The highest BCUT2D eigenvalue weighted by atomic mass is 19.3. The van der Waals surface area contributed by atoms with Gasteiger partial charge in [0.1, 0.15) is 12.3 Å². The maximum absolute atomic E-state index is 12.0. The van der Waals surface area contributed by atoms with Crippen LogP contribution in [0.5, 0.6) is 0 Å². The van der Waals surface area contributed by atoms with E-state index >= 15 is 0 Å². The van der Waals surface area contributed by atoms with Gasteiger partial charge in [0.2, 0.25) is 11.8 Å². The lowest BCUT2D eigenvalue weighted by molar-refractivity contribution is -0.384. The maximum Gasteiger partial charge on any atom is 0.329 e. The molecule has 8 nitrogen and oxygen atoms in total. The van der Waals surface area contributed by atoms with Gasteiger partial charge in [-0.1, -0.05) is 0 Å². The van der Waals surface area contributed by atoms with Crippen molar-refractivity contribution in [3.05, 3.63) is 16.3 Å². The van der Waals surface area contributed by atoms with E-state index in [9.17, 15) is 18.9 Å². The van der Waals surface area contributed by atoms with Gasteiger partial charge in [0.25, 0.3) is 6.43 Å². The van der Waals surface area contributed by atoms with Gasteiger partial charge in [-0.2, -0.15) is 4.98 Å². The summed E-state index contributed by atoms with van der Waals surface area (Å²) in [5.74, 6) is -0.563. The van der Waals surface area contributed by atoms with Crippen LogP contribution in [0.3, 0.4) is 0 Å². The van der Waals surface area contributed by atoms with Crippen molar-refractivity contribution in [2.45, 2.75) is 12.5 Å². The lowest BCUT2D eigenvalue weighted by Gasteiger charge is -2.11. The van der Waals surface area contributed by atoms with E-state index in [0.29, 0.717) is 0 Å². The van der Waals surface area contributed by atoms with Gasteiger partial charge < -0.3 is 16.2 Å². The number of hydrogen-bond acceptors (Lipinski definition) is 7. The van der Waals surface area contributed by atoms with E-state index < -0.39 is 29.7 Å². The van der Waals surface area contributed by atoms with Crippen molar-refractivity contribution in [3.8, 4) is 0 Å². The number of nitrogens with one attached hydrogen (secondary N) is 1. The number of aliphatic hydroxyl groups excluding tert-OH is 1. The number of nitro groups is 1. The highest BCUT2D eigenvalue weighted by molar-refractivity contribution is 5.56. The first-order valence-corrected chi connectivity index (χ1v) is 4.38. The highest BCUT2D eigenvalue weighted by Gasteiger charge is 2.20. The van der Waals surface area contributed by atoms with Crippen LogP contribution in [0.4, 0.5) is 26.2 Å². The molecule has 1 rings (SSSR count). The van der Waals surface area contributed by atoms with Crippen LogP contribution >= 0.6 is 0 Å². The third-order valence-corrected chi connectivity index (χ3v) is 1.75. The Hall–Kier alpha value is -2.10. The van der Waals surface area contributed by atoms with Crippen LogP contribution in [0.25, 0.3) is 0 Å². The van der Waals surface area contributed by atoms with Crippen LogP contribution < -0.4 is 11.1 Å². The molecule has 0 aliphatic rings. The van der Waals surface area contributed by atoms with Crippen LogP contribution in [0.1, 0.15) is 0 Å². The standard InChI is InChI=1S/C7H9F2N5O3/c8-5(9)4(15)2-11-6-3(14(16)17)1-12-7(10)13-6/h1,4-5,15H,2H2,(H3,10,11,12,13). The SMILES string of the molecule is Nc1ncc([N+](=O)[O-])c(NCC(O)C(F)F)n1. The zero-order valence-corrected chi connectivity index (χ0v) is 8.38. The van der Waals surface area contributed by atoms with Gasteiger partial charge in [-0.3, -0.25) is 10.1 Å². The Labute approximate surface area is 93.6 Å². The summed E-state index contributed by atoms with van der Waals surface area (Å²) in [5.41, 5.74) is 4.69. The van der Waals surface area contributed by atoms with E-state index in [2.05, 4.69) is 15.3 Å². The van der Waals surface area contributed by atoms with Crippen LogP contribution in [0, 0.1) is 10.1 Å². The van der Waals surface area contributed by atoms with Gasteiger partial charge in [0.15, 0.2) is 0 Å². The number of alkyl halides is 2. The molecule has 0 fully saturated rings. The first-order chi connectivity index (χ1) is 7.91. The van der Waals surface area contributed by atoms with Crippen molar-refractivity contribution in [3.63, 3.8) is 0 Å². The molecule has 0 aliphatic heterocycles.